The van der Waals surface area contributed by atoms with Gasteiger partial charge in [0, 0.05) is 18.4 Å². The molecule has 0 saturated heterocycles. The second-order valence-electron chi connectivity index (χ2n) is 8.85. The molecule has 2 rings (SSSR count). The van der Waals surface area contributed by atoms with Gasteiger partial charge in [-0.1, -0.05) is 31.4 Å². The quantitative estimate of drug-likeness (QED) is 0.157. The maximum atomic E-state index is 14.6. The number of alkyl halides is 2. The summed E-state index contributed by atoms with van der Waals surface area (Å²) in [5.74, 6) is -1.21. The highest BCUT2D eigenvalue weighted by Crippen LogP contribution is 2.59. The van der Waals surface area contributed by atoms with Crippen LogP contribution in [0.4, 0.5) is 8.78 Å². The van der Waals surface area contributed by atoms with Crippen molar-refractivity contribution in [3.63, 3.8) is 0 Å². The lowest BCUT2D eigenvalue weighted by Crippen LogP contribution is -2.38. The topological polar surface area (TPSA) is 84.9 Å². The molecule has 0 amide bonds. The molecule has 0 heterocycles. The van der Waals surface area contributed by atoms with E-state index in [9.17, 15) is 23.2 Å². The zero-order chi connectivity index (χ0) is 24.8. The fourth-order valence-electron chi connectivity index (χ4n) is 4.02. The van der Waals surface area contributed by atoms with Gasteiger partial charge in [-0.05, 0) is 63.6 Å². The van der Waals surface area contributed by atoms with Crippen LogP contribution in [-0.2, 0) is 20.5 Å². The van der Waals surface area contributed by atoms with Crippen LogP contribution in [0.1, 0.15) is 83.3 Å². The highest BCUT2D eigenvalue weighted by molar-refractivity contribution is 7.58. The van der Waals surface area contributed by atoms with E-state index in [-0.39, 0.29) is 17.4 Å². The van der Waals surface area contributed by atoms with Gasteiger partial charge in [-0.15, -0.1) is 0 Å². The van der Waals surface area contributed by atoms with E-state index in [1.54, 1.807) is 12.1 Å². The summed E-state index contributed by atoms with van der Waals surface area (Å²) >= 11 is 0. The number of carbonyl (C=O) groups excluding carboxylic acids is 1. The molecule has 0 spiro atoms. The first-order valence-electron chi connectivity index (χ1n) is 11.5. The standard InChI is InChI=1S/C24H36F2NO5P/c1-6-7-8-11-18-14-20(28)22(19-12-9-10-16(2)13-19)21(15-18)32-33(30,24(4,25)26)27-17(3)23(29)31-5/h13-15,17,19,28H,6-12H2,1-5H3,(H,27,30)/t17-,19?,33?/m0/s1. The number of phenols is 1. The molecule has 0 radical (unpaired) electrons. The summed E-state index contributed by atoms with van der Waals surface area (Å²) in [6.07, 6.45) is 7.96. The van der Waals surface area contributed by atoms with Crippen molar-refractivity contribution in [2.45, 2.75) is 90.3 Å². The minimum Gasteiger partial charge on any atom is -0.507 e. The van der Waals surface area contributed by atoms with Crippen molar-refractivity contribution >= 4 is 13.5 Å². The zero-order valence-corrected chi connectivity index (χ0v) is 21.0. The minimum absolute atomic E-state index is 0.0492. The Morgan fingerprint density at radius 2 is 2.06 bits per heavy atom. The summed E-state index contributed by atoms with van der Waals surface area (Å²) < 4.78 is 52.8. The normalized spacial score (nSPS) is 19.4. The van der Waals surface area contributed by atoms with Gasteiger partial charge in [0.2, 0.25) is 0 Å². The minimum atomic E-state index is -4.93. The average molecular weight is 488 g/mol. The van der Waals surface area contributed by atoms with Crippen LogP contribution in [-0.4, -0.2) is 29.9 Å². The molecular formula is C24H36F2NO5P. The van der Waals surface area contributed by atoms with Gasteiger partial charge in [0.1, 0.15) is 17.5 Å². The third kappa shape index (κ3) is 7.03. The van der Waals surface area contributed by atoms with Crippen molar-refractivity contribution in [3.8, 4) is 11.5 Å². The molecule has 3 atom stereocenters. The molecule has 1 aliphatic carbocycles. The van der Waals surface area contributed by atoms with Gasteiger partial charge in [0.05, 0.1) is 7.11 Å². The lowest BCUT2D eigenvalue weighted by atomic mass is 9.84. The molecule has 1 aromatic carbocycles. The van der Waals surface area contributed by atoms with E-state index in [1.165, 1.54) is 6.92 Å². The predicted octanol–water partition coefficient (Wildman–Crippen LogP) is 6.67. The van der Waals surface area contributed by atoms with Crippen LogP contribution in [0.3, 0.4) is 0 Å². The number of methoxy groups -OCH3 is 1. The Labute approximate surface area is 195 Å². The number of carbonyl (C=O) groups is 1. The molecule has 0 aliphatic heterocycles. The number of rotatable bonds is 11. The van der Waals surface area contributed by atoms with Crippen LogP contribution < -0.4 is 9.61 Å². The number of allylic oxidation sites excluding steroid dienone is 2. The van der Waals surface area contributed by atoms with Crippen molar-refractivity contribution in [3.05, 3.63) is 34.9 Å². The SMILES string of the molecule is CCCCCc1cc(O)c(C2C=C(C)CCC2)c(OP(=O)(N[C@@H](C)C(=O)OC)C(C)(F)F)c1. The third-order valence-corrected chi connectivity index (χ3v) is 8.07. The first kappa shape index (κ1) is 27.3. The number of nitrogens with one attached hydrogen (secondary N) is 1. The number of benzene rings is 1. The first-order valence-corrected chi connectivity index (χ1v) is 13.1. The molecule has 6 nitrogen and oxygen atoms in total. The highest BCUT2D eigenvalue weighted by atomic mass is 31.2. The fraction of sp³-hybridized carbons (Fsp3) is 0.625. The Morgan fingerprint density at radius 3 is 2.64 bits per heavy atom. The molecule has 186 valence electrons. The summed E-state index contributed by atoms with van der Waals surface area (Å²) in [5, 5.41) is 13.1. The Kier molecular flexibility index (Phi) is 9.50. The van der Waals surface area contributed by atoms with E-state index >= 15 is 0 Å². The molecule has 1 aliphatic rings. The number of esters is 1. The Morgan fingerprint density at radius 1 is 1.36 bits per heavy atom. The smallest absolute Gasteiger partial charge is 0.385 e. The number of hydrogen-bond donors (Lipinski definition) is 2. The lowest BCUT2D eigenvalue weighted by Gasteiger charge is -2.30. The van der Waals surface area contributed by atoms with Crippen LogP contribution in [0, 0.1) is 0 Å². The fourth-order valence-corrected chi connectivity index (χ4v) is 5.50. The van der Waals surface area contributed by atoms with Crippen molar-refractivity contribution in [1.29, 1.82) is 0 Å². The molecule has 0 bridgehead atoms. The van der Waals surface area contributed by atoms with Crippen molar-refractivity contribution in [2.75, 3.05) is 7.11 Å². The van der Waals surface area contributed by atoms with Gasteiger partial charge in [0.15, 0.2) is 0 Å². The van der Waals surface area contributed by atoms with Crippen LogP contribution in [0.5, 0.6) is 11.5 Å². The molecule has 9 heteroatoms. The number of phenolic OH excluding ortho intramolecular Hbond substituents is 1. The van der Waals surface area contributed by atoms with Crippen LogP contribution in [0.25, 0.3) is 0 Å². The van der Waals surface area contributed by atoms with E-state index in [4.69, 9.17) is 4.52 Å². The van der Waals surface area contributed by atoms with E-state index in [1.807, 2.05) is 13.0 Å². The number of hydrogen-bond acceptors (Lipinski definition) is 5. The van der Waals surface area contributed by atoms with Gasteiger partial charge < -0.3 is 14.4 Å². The maximum Gasteiger partial charge on any atom is 0.385 e. The van der Waals surface area contributed by atoms with E-state index in [0.29, 0.717) is 30.9 Å². The monoisotopic (exact) mass is 487 g/mol. The van der Waals surface area contributed by atoms with Crippen molar-refractivity contribution in [2.24, 2.45) is 0 Å². The summed E-state index contributed by atoms with van der Waals surface area (Å²) in [5.41, 5.74) is -1.61. The van der Waals surface area contributed by atoms with Crippen molar-refractivity contribution in [1.82, 2.24) is 5.09 Å². The number of aromatic hydroxyl groups is 1. The third-order valence-electron chi connectivity index (χ3n) is 5.85. The molecule has 1 aromatic rings. The molecule has 0 aromatic heterocycles. The summed E-state index contributed by atoms with van der Waals surface area (Å²) in [4.78, 5) is 11.8. The Balaban J connectivity index is 2.55. The van der Waals surface area contributed by atoms with Crippen molar-refractivity contribution < 1.29 is 32.5 Å². The maximum absolute atomic E-state index is 14.6. The lowest BCUT2D eigenvalue weighted by molar-refractivity contribution is -0.142. The largest absolute Gasteiger partial charge is 0.507 e. The van der Waals surface area contributed by atoms with Crippen LogP contribution >= 0.6 is 7.52 Å². The Bertz CT molecular complexity index is 913. The molecule has 0 fully saturated rings. The molecule has 2 unspecified atom stereocenters. The van der Waals surface area contributed by atoms with E-state index < -0.39 is 25.2 Å². The Hall–Kier alpha value is -1.92. The van der Waals surface area contributed by atoms with Gasteiger partial charge in [0.25, 0.3) is 0 Å². The first-order chi connectivity index (χ1) is 15.4. The average Bonchev–Trinajstić information content (AvgIpc) is 2.72. The summed E-state index contributed by atoms with van der Waals surface area (Å²) in [6, 6.07) is 1.94. The van der Waals surface area contributed by atoms with Crippen LogP contribution in [0.15, 0.2) is 23.8 Å². The number of aryl methyl sites for hydroxylation is 1. The number of ether oxygens (including phenoxy) is 1. The van der Waals surface area contributed by atoms with Gasteiger partial charge >= 0.3 is 19.2 Å². The number of halogens is 2. The number of unbranched alkanes of at least 4 members (excludes halogenated alkanes) is 2. The zero-order valence-electron chi connectivity index (χ0n) is 20.1. The molecular weight excluding hydrogens is 451 g/mol. The van der Waals surface area contributed by atoms with E-state index in [0.717, 1.165) is 44.8 Å². The van der Waals surface area contributed by atoms with E-state index in [2.05, 4.69) is 16.7 Å². The summed E-state index contributed by atoms with van der Waals surface area (Å²) in [6.45, 7) is 5.81. The summed E-state index contributed by atoms with van der Waals surface area (Å²) in [7, 11) is -3.81. The second kappa shape index (κ2) is 11.5. The van der Waals surface area contributed by atoms with Gasteiger partial charge in [-0.2, -0.15) is 8.78 Å². The molecule has 33 heavy (non-hydrogen) atoms. The molecule has 2 N–H and O–H groups in total. The van der Waals surface area contributed by atoms with Gasteiger partial charge in [-0.3, -0.25) is 9.36 Å². The molecule has 0 saturated carbocycles. The van der Waals surface area contributed by atoms with Gasteiger partial charge in [-0.25, -0.2) is 5.09 Å². The highest BCUT2D eigenvalue weighted by Gasteiger charge is 2.51. The van der Waals surface area contributed by atoms with Crippen LogP contribution in [0.2, 0.25) is 0 Å². The predicted molar refractivity (Wildman–Crippen MR) is 125 cm³/mol. The second-order valence-corrected chi connectivity index (χ2v) is 11.2.